The Balaban J connectivity index is 1.74. The van der Waals surface area contributed by atoms with E-state index in [1.807, 2.05) is 0 Å². The van der Waals surface area contributed by atoms with Crippen LogP contribution in [-0.4, -0.2) is 37.1 Å². The summed E-state index contributed by atoms with van der Waals surface area (Å²) in [6.07, 6.45) is 10.1. The van der Waals surface area contributed by atoms with Gasteiger partial charge in [-0.1, -0.05) is 26.7 Å². The molecule has 2 atom stereocenters. The second kappa shape index (κ2) is 7.49. The molecule has 1 aliphatic heterocycles. The molecule has 0 bridgehead atoms. The molecule has 2 heteroatoms. The third-order valence-corrected chi connectivity index (χ3v) is 4.75. The van der Waals surface area contributed by atoms with Crippen LogP contribution < -0.4 is 5.32 Å². The summed E-state index contributed by atoms with van der Waals surface area (Å²) in [6.45, 7) is 9.70. The number of hydrogen-bond acceptors (Lipinski definition) is 2. The minimum atomic E-state index is 0.776. The predicted octanol–water partition coefficient (Wildman–Crippen LogP) is 3.28. The van der Waals surface area contributed by atoms with E-state index in [1.54, 1.807) is 0 Å². The van der Waals surface area contributed by atoms with Gasteiger partial charge in [-0.2, -0.15) is 0 Å². The van der Waals surface area contributed by atoms with Gasteiger partial charge in [-0.3, -0.25) is 0 Å². The van der Waals surface area contributed by atoms with Crippen LogP contribution in [0.1, 0.15) is 58.8 Å². The zero-order chi connectivity index (χ0) is 12.8. The fourth-order valence-electron chi connectivity index (χ4n) is 3.52. The molecule has 1 saturated heterocycles. The van der Waals surface area contributed by atoms with Gasteiger partial charge in [0, 0.05) is 12.6 Å². The predicted molar refractivity (Wildman–Crippen MR) is 78.9 cm³/mol. The fraction of sp³-hybridized carbons (Fsp3) is 1.00. The van der Waals surface area contributed by atoms with Gasteiger partial charge in [0.1, 0.15) is 0 Å². The maximum Gasteiger partial charge on any atom is 0.0223 e. The summed E-state index contributed by atoms with van der Waals surface area (Å²) >= 11 is 0. The molecule has 18 heavy (non-hydrogen) atoms. The van der Waals surface area contributed by atoms with E-state index in [0.29, 0.717) is 0 Å². The van der Waals surface area contributed by atoms with E-state index in [4.69, 9.17) is 0 Å². The first-order chi connectivity index (χ1) is 8.83. The zero-order valence-electron chi connectivity index (χ0n) is 12.5. The van der Waals surface area contributed by atoms with Crippen molar-refractivity contribution in [3.05, 3.63) is 0 Å². The Kier molecular flexibility index (Phi) is 5.97. The Labute approximate surface area is 114 Å². The molecule has 0 aromatic heterocycles. The van der Waals surface area contributed by atoms with Gasteiger partial charge >= 0.3 is 0 Å². The van der Waals surface area contributed by atoms with E-state index in [9.17, 15) is 0 Å². The molecular formula is C16H32N2. The molecule has 2 nitrogen and oxygen atoms in total. The topological polar surface area (TPSA) is 15.3 Å². The van der Waals surface area contributed by atoms with Crippen LogP contribution in [0.25, 0.3) is 0 Å². The summed E-state index contributed by atoms with van der Waals surface area (Å²) in [4.78, 5) is 2.74. The van der Waals surface area contributed by atoms with Gasteiger partial charge in [0.15, 0.2) is 0 Å². The molecule has 1 heterocycles. The van der Waals surface area contributed by atoms with E-state index in [0.717, 1.165) is 24.4 Å². The lowest BCUT2D eigenvalue weighted by Gasteiger charge is -2.27. The van der Waals surface area contributed by atoms with Crippen molar-refractivity contribution in [1.29, 1.82) is 0 Å². The number of hydrogen-bond donors (Lipinski definition) is 1. The van der Waals surface area contributed by atoms with Crippen molar-refractivity contribution in [1.82, 2.24) is 10.2 Å². The lowest BCUT2D eigenvalue weighted by atomic mass is 9.96. The summed E-state index contributed by atoms with van der Waals surface area (Å²) in [6, 6.07) is 0.776. The molecule has 1 N–H and O–H groups in total. The van der Waals surface area contributed by atoms with Crippen molar-refractivity contribution < 1.29 is 0 Å². The van der Waals surface area contributed by atoms with E-state index in [1.165, 1.54) is 64.6 Å². The van der Waals surface area contributed by atoms with E-state index < -0.39 is 0 Å². The Morgan fingerprint density at radius 2 is 1.94 bits per heavy atom. The van der Waals surface area contributed by atoms with E-state index in [-0.39, 0.29) is 0 Å². The molecule has 0 aromatic rings. The molecule has 0 aromatic carbocycles. The first-order valence-corrected chi connectivity index (χ1v) is 8.29. The van der Waals surface area contributed by atoms with Crippen LogP contribution in [-0.2, 0) is 0 Å². The summed E-state index contributed by atoms with van der Waals surface area (Å²) in [5.41, 5.74) is 0. The largest absolute Gasteiger partial charge is 0.313 e. The average molecular weight is 252 g/mol. The monoisotopic (exact) mass is 252 g/mol. The summed E-state index contributed by atoms with van der Waals surface area (Å²) < 4.78 is 0. The van der Waals surface area contributed by atoms with Crippen molar-refractivity contribution in [3.8, 4) is 0 Å². The van der Waals surface area contributed by atoms with Gasteiger partial charge in [0.05, 0.1) is 0 Å². The SMILES string of the molecule is CCCC1CCCN(CC(NCC)C2CC2)CC1. The van der Waals surface area contributed by atoms with Crippen molar-refractivity contribution in [3.63, 3.8) is 0 Å². The number of likely N-dealkylation sites (N-methyl/N-ethyl adjacent to an activating group) is 1. The Morgan fingerprint density at radius 3 is 2.61 bits per heavy atom. The molecule has 2 aliphatic rings. The highest BCUT2D eigenvalue weighted by molar-refractivity contribution is 4.88. The van der Waals surface area contributed by atoms with Gasteiger partial charge in [0.25, 0.3) is 0 Å². The number of likely N-dealkylation sites (tertiary alicyclic amines) is 1. The molecule has 1 saturated carbocycles. The Bertz CT molecular complexity index is 225. The van der Waals surface area contributed by atoms with Crippen LogP contribution in [0.5, 0.6) is 0 Å². The van der Waals surface area contributed by atoms with E-state index in [2.05, 4.69) is 24.1 Å². The minimum Gasteiger partial charge on any atom is -0.313 e. The molecule has 2 rings (SSSR count). The number of rotatable bonds is 7. The molecule has 2 fully saturated rings. The third kappa shape index (κ3) is 4.55. The average Bonchev–Trinajstić information content (AvgIpc) is 3.17. The van der Waals surface area contributed by atoms with Crippen LogP contribution in [0.15, 0.2) is 0 Å². The quantitative estimate of drug-likeness (QED) is 0.748. The van der Waals surface area contributed by atoms with Gasteiger partial charge in [-0.15, -0.1) is 0 Å². The maximum absolute atomic E-state index is 3.71. The van der Waals surface area contributed by atoms with Crippen molar-refractivity contribution in [2.45, 2.75) is 64.8 Å². The van der Waals surface area contributed by atoms with Crippen molar-refractivity contribution in [2.75, 3.05) is 26.2 Å². The van der Waals surface area contributed by atoms with Crippen molar-refractivity contribution in [2.24, 2.45) is 11.8 Å². The van der Waals surface area contributed by atoms with Crippen LogP contribution in [0.3, 0.4) is 0 Å². The van der Waals surface area contributed by atoms with Crippen molar-refractivity contribution >= 4 is 0 Å². The van der Waals surface area contributed by atoms with E-state index >= 15 is 0 Å². The highest BCUT2D eigenvalue weighted by atomic mass is 15.2. The van der Waals surface area contributed by atoms with Gasteiger partial charge < -0.3 is 10.2 Å². The Hall–Kier alpha value is -0.0800. The highest BCUT2D eigenvalue weighted by Crippen LogP contribution is 2.33. The summed E-state index contributed by atoms with van der Waals surface area (Å²) in [7, 11) is 0. The zero-order valence-corrected chi connectivity index (χ0v) is 12.5. The molecule has 0 amide bonds. The number of nitrogens with zero attached hydrogens (tertiary/aromatic N) is 1. The second-order valence-corrected chi connectivity index (χ2v) is 6.39. The normalized spacial score (nSPS) is 28.0. The van der Waals surface area contributed by atoms with Crippen LogP contribution in [0, 0.1) is 11.8 Å². The van der Waals surface area contributed by atoms with Crippen LogP contribution in [0.2, 0.25) is 0 Å². The number of nitrogens with one attached hydrogen (secondary N) is 1. The molecule has 0 radical (unpaired) electrons. The van der Waals surface area contributed by atoms with Crippen LogP contribution >= 0.6 is 0 Å². The summed E-state index contributed by atoms with van der Waals surface area (Å²) in [5, 5.41) is 3.71. The first-order valence-electron chi connectivity index (χ1n) is 8.29. The molecule has 106 valence electrons. The van der Waals surface area contributed by atoms with Crippen LogP contribution in [0.4, 0.5) is 0 Å². The molecule has 1 aliphatic carbocycles. The second-order valence-electron chi connectivity index (χ2n) is 6.39. The molecular weight excluding hydrogens is 220 g/mol. The molecule has 2 unspecified atom stereocenters. The van der Waals surface area contributed by atoms with Gasteiger partial charge in [-0.25, -0.2) is 0 Å². The summed E-state index contributed by atoms with van der Waals surface area (Å²) in [5.74, 6) is 2.00. The fourth-order valence-corrected chi connectivity index (χ4v) is 3.52. The highest BCUT2D eigenvalue weighted by Gasteiger charge is 2.32. The maximum atomic E-state index is 3.71. The van der Waals surface area contributed by atoms with Gasteiger partial charge in [0.2, 0.25) is 0 Å². The standard InChI is InChI=1S/C16H32N2/c1-3-6-14-7-5-11-18(12-10-14)13-16(17-4-2)15-8-9-15/h14-17H,3-13H2,1-2H3. The lowest BCUT2D eigenvalue weighted by Crippen LogP contribution is -2.42. The first kappa shape index (κ1) is 14.3. The third-order valence-electron chi connectivity index (χ3n) is 4.75. The Morgan fingerprint density at radius 1 is 1.11 bits per heavy atom. The van der Waals surface area contributed by atoms with Gasteiger partial charge in [-0.05, 0) is 63.6 Å². The molecule has 0 spiro atoms. The minimum absolute atomic E-state index is 0.776. The lowest BCUT2D eigenvalue weighted by molar-refractivity contribution is 0.236. The smallest absolute Gasteiger partial charge is 0.0223 e.